The smallest absolute Gasteiger partial charge is 0.337 e. The molecule has 0 fully saturated rings. The summed E-state index contributed by atoms with van der Waals surface area (Å²) < 4.78 is 25.5. The number of sulfonamides is 1. The van der Waals surface area contributed by atoms with Crippen molar-refractivity contribution in [3.63, 3.8) is 0 Å². The fourth-order valence-corrected chi connectivity index (χ4v) is 3.24. The lowest BCUT2D eigenvalue weighted by Crippen LogP contribution is -2.36. The Hall–Kier alpha value is -1.68. The second-order valence-corrected chi connectivity index (χ2v) is 5.82. The van der Waals surface area contributed by atoms with Crippen LogP contribution in [-0.2, 0) is 10.0 Å². The number of nitrogen functional groups attached to an aromatic ring is 1. The van der Waals surface area contributed by atoms with E-state index in [9.17, 15) is 13.2 Å². The van der Waals surface area contributed by atoms with Crippen LogP contribution in [0.2, 0.25) is 0 Å². The van der Waals surface area contributed by atoms with E-state index < -0.39 is 39.7 Å². The number of nitrogens with two attached hydrogens (primary N) is 1. The summed E-state index contributed by atoms with van der Waals surface area (Å²) in [6.07, 6.45) is 0. The molecule has 0 unspecified atom stereocenters. The van der Waals surface area contributed by atoms with Crippen molar-refractivity contribution in [1.82, 2.24) is 4.31 Å². The summed E-state index contributed by atoms with van der Waals surface area (Å²) in [6, 6.07) is 3.41. The van der Waals surface area contributed by atoms with Crippen molar-refractivity contribution in [2.75, 3.05) is 32.0 Å². The molecule has 0 radical (unpaired) electrons. The third-order valence-corrected chi connectivity index (χ3v) is 4.51. The number of carbonyl (C=O) groups is 1. The van der Waals surface area contributed by atoms with Gasteiger partial charge in [0.1, 0.15) is 0 Å². The van der Waals surface area contributed by atoms with Gasteiger partial charge in [0.2, 0.25) is 10.0 Å². The van der Waals surface area contributed by atoms with E-state index >= 15 is 0 Å². The third-order valence-electron chi connectivity index (χ3n) is 2.55. The monoisotopic (exact) mass is 304 g/mol. The van der Waals surface area contributed by atoms with Crippen molar-refractivity contribution < 1.29 is 28.5 Å². The average Bonchev–Trinajstić information content (AvgIpc) is 2.38. The van der Waals surface area contributed by atoms with Gasteiger partial charge in [-0.25, -0.2) is 13.2 Å². The third kappa shape index (κ3) is 3.45. The van der Waals surface area contributed by atoms with Gasteiger partial charge in [-0.2, -0.15) is 4.31 Å². The second kappa shape index (κ2) is 6.66. The van der Waals surface area contributed by atoms with Crippen LogP contribution in [0.1, 0.15) is 10.4 Å². The molecule has 0 aliphatic heterocycles. The van der Waals surface area contributed by atoms with Gasteiger partial charge in [-0.1, -0.05) is 0 Å². The first-order valence-corrected chi connectivity index (χ1v) is 7.13. The van der Waals surface area contributed by atoms with Crippen molar-refractivity contribution >= 4 is 21.7 Å². The summed E-state index contributed by atoms with van der Waals surface area (Å²) in [6.45, 7) is -1.38. The lowest BCUT2D eigenvalue weighted by molar-refractivity contribution is 0.0692. The Labute approximate surface area is 116 Å². The minimum absolute atomic E-state index is 0.122. The zero-order valence-corrected chi connectivity index (χ0v) is 11.4. The fourth-order valence-electron chi connectivity index (χ4n) is 1.65. The number of rotatable bonds is 7. The van der Waals surface area contributed by atoms with Gasteiger partial charge in [0, 0.05) is 18.8 Å². The number of anilines is 1. The maximum absolute atomic E-state index is 12.3. The van der Waals surface area contributed by atoms with Crippen LogP contribution in [-0.4, -0.2) is 60.3 Å². The molecule has 112 valence electrons. The molecule has 1 rings (SSSR count). The Morgan fingerprint density at radius 3 is 2.20 bits per heavy atom. The summed E-state index contributed by atoms with van der Waals surface area (Å²) in [5, 5.41) is 26.8. The predicted molar refractivity (Wildman–Crippen MR) is 70.7 cm³/mol. The van der Waals surface area contributed by atoms with E-state index in [1.54, 1.807) is 0 Å². The molecule has 8 nitrogen and oxygen atoms in total. The summed E-state index contributed by atoms with van der Waals surface area (Å²) >= 11 is 0. The molecule has 0 aliphatic rings. The summed E-state index contributed by atoms with van der Waals surface area (Å²) in [5.41, 5.74) is 5.12. The van der Waals surface area contributed by atoms with Gasteiger partial charge in [-0.05, 0) is 18.2 Å². The second-order valence-electron chi connectivity index (χ2n) is 3.91. The van der Waals surface area contributed by atoms with Gasteiger partial charge < -0.3 is 21.1 Å². The largest absolute Gasteiger partial charge is 0.478 e. The van der Waals surface area contributed by atoms with Crippen LogP contribution in [0.5, 0.6) is 0 Å². The quantitative estimate of drug-likeness (QED) is 0.470. The molecule has 0 aliphatic carbocycles. The number of hydrogen-bond donors (Lipinski definition) is 4. The van der Waals surface area contributed by atoms with Crippen molar-refractivity contribution in [3.05, 3.63) is 23.8 Å². The van der Waals surface area contributed by atoms with Gasteiger partial charge in [0.25, 0.3) is 0 Å². The molecule has 0 bridgehead atoms. The molecule has 0 aromatic heterocycles. The zero-order chi connectivity index (χ0) is 15.3. The molecule has 0 amide bonds. The molecule has 0 spiro atoms. The molecular formula is C11H16N2O6S. The van der Waals surface area contributed by atoms with E-state index in [0.717, 1.165) is 16.4 Å². The standard InChI is InChI=1S/C11H16N2O6S/c12-8-1-2-10(9(7-8)11(16)17)20(18,19)13(3-5-14)4-6-15/h1-2,7,14-15H,3-6,12H2,(H,16,17). The normalized spacial score (nSPS) is 11.8. The first-order valence-electron chi connectivity index (χ1n) is 5.69. The van der Waals surface area contributed by atoms with Gasteiger partial charge >= 0.3 is 5.97 Å². The van der Waals surface area contributed by atoms with Crippen molar-refractivity contribution in [2.45, 2.75) is 4.90 Å². The Morgan fingerprint density at radius 2 is 1.75 bits per heavy atom. The highest BCUT2D eigenvalue weighted by Crippen LogP contribution is 2.22. The Bertz CT molecular complexity index is 581. The minimum Gasteiger partial charge on any atom is -0.478 e. The first kappa shape index (κ1) is 16.4. The SMILES string of the molecule is Nc1ccc(S(=O)(=O)N(CCO)CCO)c(C(=O)O)c1. The fraction of sp³-hybridized carbons (Fsp3) is 0.364. The van der Waals surface area contributed by atoms with Gasteiger partial charge in [0.05, 0.1) is 23.7 Å². The number of carboxylic acids is 1. The molecule has 1 aromatic carbocycles. The molecule has 1 aromatic rings. The van der Waals surface area contributed by atoms with E-state index in [1.807, 2.05) is 0 Å². The van der Waals surface area contributed by atoms with E-state index in [2.05, 4.69) is 0 Å². The topological polar surface area (TPSA) is 141 Å². The molecule has 5 N–H and O–H groups in total. The molecule has 20 heavy (non-hydrogen) atoms. The Morgan fingerprint density at radius 1 is 1.20 bits per heavy atom. The number of benzene rings is 1. The van der Waals surface area contributed by atoms with Crippen molar-refractivity contribution in [3.8, 4) is 0 Å². The number of aromatic carboxylic acids is 1. The highest BCUT2D eigenvalue weighted by Gasteiger charge is 2.28. The van der Waals surface area contributed by atoms with Gasteiger partial charge in [0.15, 0.2) is 0 Å². The number of nitrogens with zero attached hydrogens (tertiary/aromatic N) is 1. The molecule has 0 atom stereocenters. The van der Waals surface area contributed by atoms with Crippen LogP contribution in [0, 0.1) is 0 Å². The van der Waals surface area contributed by atoms with E-state index in [1.165, 1.54) is 6.07 Å². The summed E-state index contributed by atoms with van der Waals surface area (Å²) in [7, 11) is -4.14. The number of carboxylic acid groups (broad SMARTS) is 1. The maximum atomic E-state index is 12.3. The van der Waals surface area contributed by atoms with Crippen LogP contribution in [0.3, 0.4) is 0 Å². The van der Waals surface area contributed by atoms with Crippen LogP contribution >= 0.6 is 0 Å². The van der Waals surface area contributed by atoms with Gasteiger partial charge in [-0.3, -0.25) is 0 Å². The van der Waals surface area contributed by atoms with E-state index in [4.69, 9.17) is 21.1 Å². The first-order chi connectivity index (χ1) is 9.34. The number of aliphatic hydroxyl groups excluding tert-OH is 2. The molecular weight excluding hydrogens is 288 g/mol. The number of hydrogen-bond acceptors (Lipinski definition) is 6. The lowest BCUT2D eigenvalue weighted by Gasteiger charge is -2.21. The minimum atomic E-state index is -4.14. The van der Waals surface area contributed by atoms with Crippen LogP contribution in [0.15, 0.2) is 23.1 Å². The highest BCUT2D eigenvalue weighted by molar-refractivity contribution is 7.89. The highest BCUT2D eigenvalue weighted by atomic mass is 32.2. The molecule has 0 saturated heterocycles. The van der Waals surface area contributed by atoms with E-state index in [0.29, 0.717) is 0 Å². The lowest BCUT2D eigenvalue weighted by atomic mass is 10.2. The van der Waals surface area contributed by atoms with Gasteiger partial charge in [-0.15, -0.1) is 0 Å². The Balaban J connectivity index is 3.36. The summed E-state index contributed by atoms with van der Waals surface area (Å²) in [5.74, 6) is -1.43. The predicted octanol–water partition coefficient (Wildman–Crippen LogP) is -1.06. The van der Waals surface area contributed by atoms with E-state index in [-0.39, 0.29) is 18.8 Å². The average molecular weight is 304 g/mol. The number of aliphatic hydroxyl groups is 2. The molecule has 0 saturated carbocycles. The molecule has 0 heterocycles. The zero-order valence-electron chi connectivity index (χ0n) is 10.6. The Kier molecular flexibility index (Phi) is 5.45. The van der Waals surface area contributed by atoms with Crippen LogP contribution in [0.4, 0.5) is 5.69 Å². The summed E-state index contributed by atoms with van der Waals surface area (Å²) in [4.78, 5) is 10.7. The molecule has 9 heteroatoms. The van der Waals surface area contributed by atoms with Crippen molar-refractivity contribution in [2.24, 2.45) is 0 Å². The van der Waals surface area contributed by atoms with Crippen LogP contribution < -0.4 is 5.73 Å². The van der Waals surface area contributed by atoms with Crippen molar-refractivity contribution in [1.29, 1.82) is 0 Å². The van der Waals surface area contributed by atoms with Crippen LogP contribution in [0.25, 0.3) is 0 Å². The maximum Gasteiger partial charge on any atom is 0.337 e.